The third-order valence-corrected chi connectivity index (χ3v) is 4.38. The molecule has 2 N–H and O–H groups in total. The van der Waals surface area contributed by atoms with Crippen molar-refractivity contribution in [2.24, 2.45) is 0 Å². The van der Waals surface area contributed by atoms with Gasteiger partial charge in [0.25, 0.3) is 0 Å². The molecule has 0 aliphatic heterocycles. The highest BCUT2D eigenvalue weighted by Crippen LogP contribution is 2.21. The Morgan fingerprint density at radius 3 is 1.91 bits per heavy atom. The van der Waals surface area contributed by atoms with Crippen molar-refractivity contribution in [2.45, 2.75) is 84.0 Å². The first-order valence-electron chi connectivity index (χ1n) is 9.20. The van der Waals surface area contributed by atoms with E-state index in [4.69, 9.17) is 5.11 Å². The molecule has 3 nitrogen and oxygen atoms in total. The van der Waals surface area contributed by atoms with Gasteiger partial charge in [-0.3, -0.25) is 0 Å². The zero-order chi connectivity index (χ0) is 16.9. The van der Waals surface area contributed by atoms with Gasteiger partial charge in [-0.25, -0.2) is 4.79 Å². The minimum Gasteiger partial charge on any atom is -0.508 e. The summed E-state index contributed by atoms with van der Waals surface area (Å²) < 4.78 is 0. The first-order valence-corrected chi connectivity index (χ1v) is 9.20. The number of unbranched alkanes of at least 4 members (excludes halogenated alkanes) is 10. The number of benzene rings is 1. The first kappa shape index (κ1) is 19.5. The summed E-state index contributed by atoms with van der Waals surface area (Å²) in [5.41, 5.74) is 1.00. The normalized spacial score (nSPS) is 10.8. The molecule has 0 aromatic heterocycles. The van der Waals surface area contributed by atoms with E-state index in [0.717, 1.165) is 24.8 Å². The SMILES string of the molecule is CCCCCCCCCCCCCc1cc(C(=O)O)ccc1O. The number of hydrogen-bond donors (Lipinski definition) is 2. The molecular formula is C20H32O3. The fraction of sp³-hybridized carbons (Fsp3) is 0.650. The fourth-order valence-corrected chi connectivity index (χ4v) is 2.90. The Hall–Kier alpha value is -1.51. The molecule has 1 aromatic carbocycles. The Bertz CT molecular complexity index is 454. The number of hydrogen-bond acceptors (Lipinski definition) is 2. The molecule has 0 fully saturated rings. The number of carbonyl (C=O) groups is 1. The van der Waals surface area contributed by atoms with Crippen LogP contribution in [0.5, 0.6) is 5.75 Å². The van der Waals surface area contributed by atoms with Crippen LogP contribution in [-0.4, -0.2) is 16.2 Å². The molecule has 0 atom stereocenters. The van der Waals surface area contributed by atoms with Crippen LogP contribution >= 0.6 is 0 Å². The van der Waals surface area contributed by atoms with E-state index in [1.807, 2.05) is 0 Å². The minimum absolute atomic E-state index is 0.210. The average molecular weight is 320 g/mol. The van der Waals surface area contributed by atoms with Gasteiger partial charge in [0.15, 0.2) is 0 Å². The Balaban J connectivity index is 2.07. The van der Waals surface area contributed by atoms with Crippen molar-refractivity contribution in [1.29, 1.82) is 0 Å². The van der Waals surface area contributed by atoms with E-state index in [9.17, 15) is 9.90 Å². The van der Waals surface area contributed by atoms with Crippen molar-refractivity contribution in [1.82, 2.24) is 0 Å². The summed E-state index contributed by atoms with van der Waals surface area (Å²) in [6.45, 7) is 2.25. The fourth-order valence-electron chi connectivity index (χ4n) is 2.90. The predicted molar refractivity (Wildman–Crippen MR) is 95.2 cm³/mol. The molecule has 0 unspecified atom stereocenters. The summed E-state index contributed by atoms with van der Waals surface area (Å²) in [5.74, 6) is -0.729. The van der Waals surface area contributed by atoms with Crippen molar-refractivity contribution in [2.75, 3.05) is 0 Å². The number of phenols is 1. The maximum Gasteiger partial charge on any atom is 0.335 e. The van der Waals surface area contributed by atoms with Crippen molar-refractivity contribution in [3.8, 4) is 5.75 Å². The van der Waals surface area contributed by atoms with Gasteiger partial charge in [-0.05, 0) is 36.6 Å². The van der Waals surface area contributed by atoms with Gasteiger partial charge in [0, 0.05) is 0 Å². The monoisotopic (exact) mass is 320 g/mol. The lowest BCUT2D eigenvalue weighted by Gasteiger charge is -2.06. The van der Waals surface area contributed by atoms with Gasteiger partial charge in [-0.2, -0.15) is 0 Å². The first-order chi connectivity index (χ1) is 11.1. The zero-order valence-electron chi connectivity index (χ0n) is 14.5. The number of aryl methyl sites for hydroxylation is 1. The summed E-state index contributed by atoms with van der Waals surface area (Å²) in [6.07, 6.45) is 14.9. The van der Waals surface area contributed by atoms with Gasteiger partial charge in [-0.15, -0.1) is 0 Å². The Morgan fingerprint density at radius 1 is 0.870 bits per heavy atom. The van der Waals surface area contributed by atoms with Crippen molar-refractivity contribution in [3.63, 3.8) is 0 Å². The van der Waals surface area contributed by atoms with Crippen LogP contribution in [0.15, 0.2) is 18.2 Å². The molecule has 23 heavy (non-hydrogen) atoms. The number of rotatable bonds is 13. The van der Waals surface area contributed by atoms with E-state index in [1.54, 1.807) is 6.07 Å². The lowest BCUT2D eigenvalue weighted by atomic mass is 10.0. The van der Waals surface area contributed by atoms with Crippen LogP contribution in [-0.2, 0) is 6.42 Å². The predicted octanol–water partition coefficient (Wildman–Crippen LogP) is 5.94. The molecule has 3 heteroatoms. The Morgan fingerprint density at radius 2 is 1.39 bits per heavy atom. The molecule has 0 bridgehead atoms. The number of phenolic OH excluding ortho intramolecular Hbond substituents is 1. The lowest BCUT2D eigenvalue weighted by Crippen LogP contribution is -1.98. The van der Waals surface area contributed by atoms with Crippen LogP contribution in [0.4, 0.5) is 0 Å². The molecular weight excluding hydrogens is 288 g/mol. The molecule has 1 rings (SSSR count). The smallest absolute Gasteiger partial charge is 0.335 e. The molecule has 0 radical (unpaired) electrons. The summed E-state index contributed by atoms with van der Waals surface area (Å²) >= 11 is 0. The second-order valence-corrected chi connectivity index (χ2v) is 6.43. The van der Waals surface area contributed by atoms with Crippen LogP contribution in [0.1, 0.15) is 93.5 Å². The largest absolute Gasteiger partial charge is 0.508 e. The van der Waals surface area contributed by atoms with Crippen LogP contribution in [0.25, 0.3) is 0 Å². The maximum atomic E-state index is 10.9. The summed E-state index contributed by atoms with van der Waals surface area (Å²) in [6, 6.07) is 4.52. The third kappa shape index (κ3) is 8.63. The zero-order valence-corrected chi connectivity index (χ0v) is 14.5. The third-order valence-electron chi connectivity index (χ3n) is 4.38. The Labute approximate surface area is 140 Å². The van der Waals surface area contributed by atoms with Gasteiger partial charge in [-0.1, -0.05) is 71.1 Å². The standard InChI is InChI=1S/C20H32O3/c1-2-3-4-5-6-7-8-9-10-11-12-13-17-16-18(20(22)23)14-15-19(17)21/h14-16,21H,2-13H2,1H3,(H,22,23). The second kappa shape index (κ2) is 12.0. The van der Waals surface area contributed by atoms with Crippen LogP contribution in [0.3, 0.4) is 0 Å². The Kier molecular flexibility index (Phi) is 10.2. The van der Waals surface area contributed by atoms with Crippen LogP contribution in [0.2, 0.25) is 0 Å². The van der Waals surface area contributed by atoms with Gasteiger partial charge >= 0.3 is 5.97 Å². The van der Waals surface area contributed by atoms with E-state index < -0.39 is 5.97 Å². The van der Waals surface area contributed by atoms with Gasteiger partial charge in [0.05, 0.1) is 5.56 Å². The molecule has 0 spiro atoms. The highest BCUT2D eigenvalue weighted by atomic mass is 16.4. The number of carboxylic acid groups (broad SMARTS) is 1. The van der Waals surface area contributed by atoms with E-state index in [2.05, 4.69) is 6.92 Å². The molecule has 0 amide bonds. The van der Waals surface area contributed by atoms with Crippen molar-refractivity contribution < 1.29 is 15.0 Å². The summed E-state index contributed by atoms with van der Waals surface area (Å²) in [5, 5.41) is 18.8. The highest BCUT2D eigenvalue weighted by molar-refractivity contribution is 5.88. The maximum absolute atomic E-state index is 10.9. The molecule has 1 aromatic rings. The number of aromatic hydroxyl groups is 1. The molecule has 0 aliphatic rings. The van der Waals surface area contributed by atoms with Crippen molar-refractivity contribution in [3.05, 3.63) is 29.3 Å². The van der Waals surface area contributed by atoms with Crippen molar-refractivity contribution >= 4 is 5.97 Å². The molecule has 0 saturated carbocycles. The topological polar surface area (TPSA) is 57.5 Å². The lowest BCUT2D eigenvalue weighted by molar-refractivity contribution is 0.0696. The van der Waals surface area contributed by atoms with Crippen LogP contribution in [0, 0.1) is 0 Å². The average Bonchev–Trinajstić information content (AvgIpc) is 2.54. The number of carboxylic acids is 1. The van der Waals surface area contributed by atoms with Crippen LogP contribution < -0.4 is 0 Å². The van der Waals surface area contributed by atoms with E-state index in [0.29, 0.717) is 0 Å². The molecule has 0 heterocycles. The summed E-state index contributed by atoms with van der Waals surface area (Å²) in [4.78, 5) is 10.9. The molecule has 0 aliphatic carbocycles. The highest BCUT2D eigenvalue weighted by Gasteiger charge is 2.07. The second-order valence-electron chi connectivity index (χ2n) is 6.43. The van der Waals surface area contributed by atoms with Gasteiger partial charge < -0.3 is 10.2 Å². The minimum atomic E-state index is -0.940. The van der Waals surface area contributed by atoms with Gasteiger partial charge in [0.1, 0.15) is 5.75 Å². The number of aromatic carboxylic acids is 1. The van der Waals surface area contributed by atoms with E-state index in [-0.39, 0.29) is 11.3 Å². The quantitative estimate of drug-likeness (QED) is 0.442. The molecule has 0 saturated heterocycles. The van der Waals surface area contributed by atoms with E-state index in [1.165, 1.54) is 69.9 Å². The van der Waals surface area contributed by atoms with Gasteiger partial charge in [0.2, 0.25) is 0 Å². The molecule has 130 valence electrons. The van der Waals surface area contributed by atoms with E-state index >= 15 is 0 Å². The summed E-state index contributed by atoms with van der Waals surface area (Å²) in [7, 11) is 0.